The molecule has 24 heavy (non-hydrogen) atoms. The minimum Gasteiger partial charge on any atom is -0.385 e. The topological polar surface area (TPSA) is 61.4 Å². The third kappa shape index (κ3) is 4.22. The molecule has 0 aliphatic carbocycles. The second-order valence-corrected chi connectivity index (χ2v) is 5.96. The van der Waals surface area contributed by atoms with Gasteiger partial charge < -0.3 is 15.1 Å². The molecule has 1 aliphatic rings. The van der Waals surface area contributed by atoms with Crippen molar-refractivity contribution in [3.63, 3.8) is 0 Å². The van der Waals surface area contributed by atoms with Crippen LogP contribution in [0.1, 0.15) is 12.0 Å². The van der Waals surface area contributed by atoms with Crippen molar-refractivity contribution in [2.45, 2.75) is 13.3 Å². The van der Waals surface area contributed by atoms with Crippen molar-refractivity contribution in [3.8, 4) is 0 Å². The average molecular weight is 325 g/mol. The average Bonchev–Trinajstić information content (AvgIpc) is 2.64. The Bertz CT molecular complexity index is 651. The number of amides is 1. The maximum Gasteiger partial charge on any atom is 0.225 e. The van der Waals surface area contributed by atoms with Gasteiger partial charge in [-0.1, -0.05) is 17.7 Å². The number of nitrogens with zero attached hydrogens (tertiary/aromatic N) is 4. The van der Waals surface area contributed by atoms with E-state index in [4.69, 9.17) is 0 Å². The minimum atomic E-state index is 0.197. The van der Waals surface area contributed by atoms with E-state index in [1.54, 1.807) is 12.4 Å². The van der Waals surface area contributed by atoms with E-state index in [-0.39, 0.29) is 5.91 Å². The molecule has 0 radical (unpaired) electrons. The van der Waals surface area contributed by atoms with Gasteiger partial charge in [0.05, 0.1) is 0 Å². The number of piperazine rings is 1. The Labute approximate surface area is 142 Å². The lowest BCUT2D eigenvalue weighted by molar-refractivity contribution is -0.131. The standard InChI is InChI=1S/C18H23N5O/c1-15-3-5-16(6-4-15)19-10-7-17(24)22-11-13-23(14-12-22)18-20-8-2-9-21-18/h2-6,8-9,19H,7,10-14H2,1H3. The second kappa shape index (κ2) is 7.77. The van der Waals surface area contributed by atoms with Crippen LogP contribution in [0.5, 0.6) is 0 Å². The monoisotopic (exact) mass is 325 g/mol. The van der Waals surface area contributed by atoms with Crippen molar-refractivity contribution in [3.05, 3.63) is 48.3 Å². The highest BCUT2D eigenvalue weighted by Gasteiger charge is 2.21. The van der Waals surface area contributed by atoms with Gasteiger partial charge in [0, 0.05) is 57.2 Å². The summed E-state index contributed by atoms with van der Waals surface area (Å²) in [6, 6.07) is 10.0. The second-order valence-electron chi connectivity index (χ2n) is 5.96. The molecule has 3 rings (SSSR count). The summed E-state index contributed by atoms with van der Waals surface area (Å²) < 4.78 is 0. The summed E-state index contributed by atoms with van der Waals surface area (Å²) in [5, 5.41) is 3.30. The SMILES string of the molecule is Cc1ccc(NCCC(=O)N2CCN(c3ncccn3)CC2)cc1. The van der Waals surface area contributed by atoms with Crippen LogP contribution in [-0.2, 0) is 4.79 Å². The Balaban J connectivity index is 1.41. The number of anilines is 2. The van der Waals surface area contributed by atoms with E-state index in [0.717, 1.165) is 37.8 Å². The van der Waals surface area contributed by atoms with Crippen LogP contribution in [0.3, 0.4) is 0 Å². The molecule has 1 fully saturated rings. The normalized spacial score (nSPS) is 14.5. The van der Waals surface area contributed by atoms with Gasteiger partial charge in [-0.25, -0.2) is 9.97 Å². The zero-order chi connectivity index (χ0) is 16.8. The smallest absolute Gasteiger partial charge is 0.225 e. The molecule has 0 unspecified atom stereocenters. The maximum absolute atomic E-state index is 12.3. The first-order chi connectivity index (χ1) is 11.7. The molecule has 1 aromatic heterocycles. The molecule has 0 saturated carbocycles. The van der Waals surface area contributed by atoms with E-state index in [9.17, 15) is 4.79 Å². The minimum absolute atomic E-state index is 0.197. The first-order valence-corrected chi connectivity index (χ1v) is 8.33. The number of nitrogens with one attached hydrogen (secondary N) is 1. The number of aromatic nitrogens is 2. The lowest BCUT2D eigenvalue weighted by Crippen LogP contribution is -2.49. The van der Waals surface area contributed by atoms with Gasteiger partial charge in [0.2, 0.25) is 11.9 Å². The highest BCUT2D eigenvalue weighted by Crippen LogP contribution is 2.11. The molecule has 0 atom stereocenters. The zero-order valence-corrected chi connectivity index (χ0v) is 14.0. The van der Waals surface area contributed by atoms with Gasteiger partial charge in [-0.2, -0.15) is 0 Å². The van der Waals surface area contributed by atoms with Crippen LogP contribution < -0.4 is 10.2 Å². The highest BCUT2D eigenvalue weighted by atomic mass is 16.2. The fourth-order valence-electron chi connectivity index (χ4n) is 2.75. The predicted octanol–water partition coefficient (Wildman–Crippen LogP) is 1.94. The van der Waals surface area contributed by atoms with Crippen molar-refractivity contribution in [2.75, 3.05) is 42.9 Å². The van der Waals surface area contributed by atoms with Crippen LogP contribution in [-0.4, -0.2) is 53.5 Å². The van der Waals surface area contributed by atoms with Gasteiger partial charge in [0.1, 0.15) is 0 Å². The molecule has 1 saturated heterocycles. The van der Waals surface area contributed by atoms with Crippen LogP contribution in [0.4, 0.5) is 11.6 Å². The molecule has 6 nitrogen and oxygen atoms in total. The molecule has 0 spiro atoms. The molecule has 1 N–H and O–H groups in total. The quantitative estimate of drug-likeness (QED) is 0.910. The van der Waals surface area contributed by atoms with Gasteiger partial charge in [0.15, 0.2) is 0 Å². The fraction of sp³-hybridized carbons (Fsp3) is 0.389. The lowest BCUT2D eigenvalue weighted by atomic mass is 10.2. The van der Waals surface area contributed by atoms with Crippen LogP contribution in [0.2, 0.25) is 0 Å². The third-order valence-corrected chi connectivity index (χ3v) is 4.19. The van der Waals surface area contributed by atoms with Crippen molar-refractivity contribution in [2.24, 2.45) is 0 Å². The summed E-state index contributed by atoms with van der Waals surface area (Å²) in [6.45, 7) is 5.73. The van der Waals surface area contributed by atoms with Crippen molar-refractivity contribution >= 4 is 17.5 Å². The lowest BCUT2D eigenvalue weighted by Gasteiger charge is -2.34. The first-order valence-electron chi connectivity index (χ1n) is 8.33. The Hall–Kier alpha value is -2.63. The van der Waals surface area contributed by atoms with Gasteiger partial charge >= 0.3 is 0 Å². The van der Waals surface area contributed by atoms with Gasteiger partial charge in [-0.15, -0.1) is 0 Å². The van der Waals surface area contributed by atoms with Crippen molar-refractivity contribution in [1.82, 2.24) is 14.9 Å². The number of hydrogen-bond acceptors (Lipinski definition) is 5. The molecule has 1 aromatic carbocycles. The largest absolute Gasteiger partial charge is 0.385 e. The molecule has 2 heterocycles. The van der Waals surface area contributed by atoms with Crippen LogP contribution >= 0.6 is 0 Å². The predicted molar refractivity (Wildman–Crippen MR) is 95.1 cm³/mol. The molecule has 0 bridgehead atoms. The molecule has 2 aromatic rings. The van der Waals surface area contributed by atoms with Gasteiger partial charge in [0.25, 0.3) is 0 Å². The molecule has 126 valence electrons. The number of rotatable bonds is 5. The summed E-state index contributed by atoms with van der Waals surface area (Å²) >= 11 is 0. The fourth-order valence-corrected chi connectivity index (χ4v) is 2.75. The number of hydrogen-bond donors (Lipinski definition) is 1. The summed E-state index contributed by atoms with van der Waals surface area (Å²) in [5.74, 6) is 0.939. The summed E-state index contributed by atoms with van der Waals surface area (Å²) in [5.41, 5.74) is 2.29. The van der Waals surface area contributed by atoms with Gasteiger partial charge in [-0.3, -0.25) is 4.79 Å². The molecular formula is C18H23N5O. The van der Waals surface area contributed by atoms with E-state index in [1.807, 2.05) is 23.1 Å². The van der Waals surface area contributed by atoms with E-state index in [2.05, 4.69) is 39.2 Å². The van der Waals surface area contributed by atoms with E-state index in [0.29, 0.717) is 13.0 Å². The Morgan fingerprint density at radius 1 is 1.08 bits per heavy atom. The molecule has 1 aliphatic heterocycles. The van der Waals surface area contributed by atoms with E-state index >= 15 is 0 Å². The third-order valence-electron chi connectivity index (χ3n) is 4.19. The van der Waals surface area contributed by atoms with Crippen LogP contribution in [0.15, 0.2) is 42.7 Å². The number of carbonyl (C=O) groups is 1. The Kier molecular flexibility index (Phi) is 5.25. The summed E-state index contributed by atoms with van der Waals surface area (Å²) in [6.07, 6.45) is 4.00. The van der Waals surface area contributed by atoms with Crippen molar-refractivity contribution in [1.29, 1.82) is 0 Å². The number of benzene rings is 1. The van der Waals surface area contributed by atoms with Crippen LogP contribution in [0.25, 0.3) is 0 Å². The maximum atomic E-state index is 12.3. The van der Waals surface area contributed by atoms with Gasteiger partial charge in [-0.05, 0) is 25.1 Å². The number of aryl methyl sites for hydroxylation is 1. The van der Waals surface area contributed by atoms with E-state index < -0.39 is 0 Å². The Morgan fingerprint density at radius 2 is 1.75 bits per heavy atom. The summed E-state index contributed by atoms with van der Waals surface area (Å²) in [4.78, 5) is 24.9. The first kappa shape index (κ1) is 16.2. The zero-order valence-electron chi connectivity index (χ0n) is 14.0. The molecule has 6 heteroatoms. The highest BCUT2D eigenvalue weighted by molar-refractivity contribution is 5.77. The summed E-state index contributed by atoms with van der Waals surface area (Å²) in [7, 11) is 0. The Morgan fingerprint density at radius 3 is 2.42 bits per heavy atom. The molecular weight excluding hydrogens is 302 g/mol. The van der Waals surface area contributed by atoms with Crippen LogP contribution in [0, 0.1) is 6.92 Å². The van der Waals surface area contributed by atoms with Crippen molar-refractivity contribution < 1.29 is 4.79 Å². The van der Waals surface area contributed by atoms with E-state index in [1.165, 1.54) is 5.56 Å². The number of carbonyl (C=O) groups excluding carboxylic acids is 1. The molecule has 1 amide bonds.